The number of rotatable bonds is 11. The van der Waals surface area contributed by atoms with E-state index in [0.29, 0.717) is 24.3 Å². The highest BCUT2D eigenvalue weighted by molar-refractivity contribution is 7.89. The zero-order valence-corrected chi connectivity index (χ0v) is 20.3. The fraction of sp³-hybridized carbons (Fsp3) is 0.333. The van der Waals surface area contributed by atoms with Crippen LogP contribution in [0.15, 0.2) is 59.8 Å². The van der Waals surface area contributed by atoms with Crippen molar-refractivity contribution in [2.24, 2.45) is 7.05 Å². The van der Waals surface area contributed by atoms with Crippen molar-refractivity contribution in [3.05, 3.63) is 82.4 Å². The van der Waals surface area contributed by atoms with Crippen LogP contribution >= 0.6 is 11.6 Å². The predicted molar refractivity (Wildman–Crippen MR) is 128 cm³/mol. The first kappa shape index (κ1) is 25.0. The molecule has 176 valence electrons. The summed E-state index contributed by atoms with van der Waals surface area (Å²) in [5, 5.41) is 0.482. The van der Waals surface area contributed by atoms with Crippen molar-refractivity contribution in [3.63, 3.8) is 0 Å². The third-order valence-corrected chi connectivity index (χ3v) is 7.27. The van der Waals surface area contributed by atoms with E-state index in [4.69, 9.17) is 16.3 Å². The third kappa shape index (κ3) is 6.90. The Hall–Kier alpha value is -2.68. The molecule has 0 unspecified atom stereocenters. The van der Waals surface area contributed by atoms with Crippen molar-refractivity contribution in [3.8, 4) is 0 Å². The van der Waals surface area contributed by atoms with Gasteiger partial charge in [0.05, 0.1) is 18.4 Å². The maximum absolute atomic E-state index is 12.6. The second kappa shape index (κ2) is 11.4. The number of ether oxygens (including phenoxy) is 1. The summed E-state index contributed by atoms with van der Waals surface area (Å²) < 4.78 is 34.7. The minimum atomic E-state index is -3.63. The number of carbonyl (C=O) groups is 1. The first-order valence-corrected chi connectivity index (χ1v) is 12.5. The normalized spacial score (nSPS) is 11.5. The molecule has 0 aliphatic rings. The first-order valence-electron chi connectivity index (χ1n) is 10.7. The summed E-state index contributed by atoms with van der Waals surface area (Å²) in [6.45, 7) is 0.249. The largest absolute Gasteiger partial charge is 0.469 e. The van der Waals surface area contributed by atoms with Gasteiger partial charge in [0.2, 0.25) is 10.0 Å². The van der Waals surface area contributed by atoms with Crippen molar-refractivity contribution >= 4 is 27.6 Å². The summed E-state index contributed by atoms with van der Waals surface area (Å²) in [7, 11) is -0.306. The predicted octanol–water partition coefficient (Wildman–Crippen LogP) is 3.49. The number of halogens is 1. The molecule has 0 bridgehead atoms. The quantitative estimate of drug-likeness (QED) is 0.416. The molecule has 0 saturated heterocycles. The molecule has 2 aromatic heterocycles. The number of hydrogen-bond acceptors (Lipinski definition) is 5. The fourth-order valence-electron chi connectivity index (χ4n) is 3.71. The lowest BCUT2D eigenvalue weighted by Gasteiger charge is -2.11. The van der Waals surface area contributed by atoms with Gasteiger partial charge in [0, 0.05) is 48.8 Å². The molecule has 9 heteroatoms. The molecule has 0 aliphatic heterocycles. The van der Waals surface area contributed by atoms with Gasteiger partial charge >= 0.3 is 5.97 Å². The third-order valence-electron chi connectivity index (χ3n) is 5.54. The lowest BCUT2D eigenvalue weighted by atomic mass is 10.0. The Bertz CT molecular complexity index is 1180. The van der Waals surface area contributed by atoms with Gasteiger partial charge in [-0.05, 0) is 66.8 Å². The van der Waals surface area contributed by atoms with Crippen molar-refractivity contribution < 1.29 is 17.9 Å². The maximum atomic E-state index is 12.6. The zero-order chi connectivity index (χ0) is 23.8. The average molecular weight is 490 g/mol. The standard InChI is InChI=1S/C24H28ClN3O4S/c1-28-21(9-12-24(29)32-2)16-19(6-5-18-4-3-14-26-17-18)23(28)13-15-27-33(30,31)22-10-7-20(25)8-11-22/h3-4,7-8,10-11,14,16-17,27H,5-6,9,12-13,15H2,1-2H3. The molecule has 2 heterocycles. The SMILES string of the molecule is COC(=O)CCc1cc(CCc2cccnc2)c(CCNS(=O)(=O)c2ccc(Cl)cc2)n1C. The van der Waals surface area contributed by atoms with E-state index >= 15 is 0 Å². The highest BCUT2D eigenvalue weighted by Crippen LogP contribution is 2.20. The van der Waals surface area contributed by atoms with Crippen molar-refractivity contribution in [2.75, 3.05) is 13.7 Å². The second-order valence-electron chi connectivity index (χ2n) is 7.71. The van der Waals surface area contributed by atoms with Crippen molar-refractivity contribution in [2.45, 2.75) is 37.0 Å². The van der Waals surface area contributed by atoms with Gasteiger partial charge in [-0.3, -0.25) is 9.78 Å². The van der Waals surface area contributed by atoms with Crippen LogP contribution in [0.3, 0.4) is 0 Å². The van der Waals surface area contributed by atoms with Crippen LogP contribution in [0, 0.1) is 0 Å². The molecule has 0 spiro atoms. The number of esters is 1. The summed E-state index contributed by atoms with van der Waals surface area (Å²) >= 11 is 5.86. The topological polar surface area (TPSA) is 90.3 Å². The monoisotopic (exact) mass is 489 g/mol. The number of benzene rings is 1. The van der Waals surface area contributed by atoms with E-state index in [1.54, 1.807) is 18.3 Å². The summed E-state index contributed by atoms with van der Waals surface area (Å²) in [6.07, 6.45) is 6.56. The van der Waals surface area contributed by atoms with Crippen LogP contribution in [-0.4, -0.2) is 37.6 Å². The highest BCUT2D eigenvalue weighted by Gasteiger charge is 2.17. The van der Waals surface area contributed by atoms with Crippen LogP contribution in [0.4, 0.5) is 0 Å². The summed E-state index contributed by atoms with van der Waals surface area (Å²) in [5.74, 6) is -0.259. The minimum absolute atomic E-state index is 0.175. The number of hydrogen-bond donors (Lipinski definition) is 1. The minimum Gasteiger partial charge on any atom is -0.469 e. The molecular weight excluding hydrogens is 462 g/mol. The Morgan fingerprint density at radius 3 is 2.55 bits per heavy atom. The van der Waals surface area contributed by atoms with Gasteiger partial charge in [0.15, 0.2) is 0 Å². The number of methoxy groups -OCH3 is 1. The molecular formula is C24H28ClN3O4S. The Kier molecular flexibility index (Phi) is 8.66. The number of pyridine rings is 1. The van der Waals surface area contributed by atoms with Crippen molar-refractivity contribution in [1.29, 1.82) is 0 Å². The molecule has 1 aromatic carbocycles. The smallest absolute Gasteiger partial charge is 0.305 e. The Labute approximate surface area is 199 Å². The lowest BCUT2D eigenvalue weighted by Crippen LogP contribution is -2.26. The summed E-state index contributed by atoms with van der Waals surface area (Å²) in [5.41, 5.74) is 4.31. The van der Waals surface area contributed by atoms with Gasteiger partial charge < -0.3 is 9.30 Å². The van der Waals surface area contributed by atoms with E-state index in [-0.39, 0.29) is 17.4 Å². The van der Waals surface area contributed by atoms with E-state index in [2.05, 4.69) is 20.3 Å². The molecule has 0 fully saturated rings. The van der Waals surface area contributed by atoms with Crippen LogP contribution in [0.1, 0.15) is 28.9 Å². The van der Waals surface area contributed by atoms with Crippen LogP contribution < -0.4 is 4.72 Å². The number of carbonyl (C=O) groups excluding carboxylic acids is 1. The summed E-state index contributed by atoms with van der Waals surface area (Å²) in [6, 6.07) is 12.1. The molecule has 7 nitrogen and oxygen atoms in total. The van der Waals surface area contributed by atoms with Crippen LogP contribution in [0.5, 0.6) is 0 Å². The molecule has 1 N–H and O–H groups in total. The number of aryl methyl sites for hydroxylation is 3. The van der Waals surface area contributed by atoms with E-state index < -0.39 is 10.0 Å². The van der Waals surface area contributed by atoms with Gasteiger partial charge in [-0.25, -0.2) is 13.1 Å². The summed E-state index contributed by atoms with van der Waals surface area (Å²) in [4.78, 5) is 16.0. The maximum Gasteiger partial charge on any atom is 0.305 e. The van der Waals surface area contributed by atoms with E-state index in [1.807, 2.05) is 25.4 Å². The van der Waals surface area contributed by atoms with Gasteiger partial charge in [0.25, 0.3) is 0 Å². The Morgan fingerprint density at radius 2 is 1.88 bits per heavy atom. The first-order chi connectivity index (χ1) is 15.8. The van der Waals surface area contributed by atoms with Crippen LogP contribution in [0.25, 0.3) is 0 Å². The number of nitrogens with zero attached hydrogens (tertiary/aromatic N) is 2. The molecule has 3 aromatic rings. The molecule has 0 atom stereocenters. The Balaban J connectivity index is 1.73. The van der Waals surface area contributed by atoms with Crippen LogP contribution in [0.2, 0.25) is 5.02 Å². The second-order valence-corrected chi connectivity index (χ2v) is 9.91. The fourth-order valence-corrected chi connectivity index (χ4v) is 4.87. The molecule has 0 aliphatic carbocycles. The van der Waals surface area contributed by atoms with Gasteiger partial charge in [-0.15, -0.1) is 0 Å². The van der Waals surface area contributed by atoms with E-state index in [9.17, 15) is 13.2 Å². The average Bonchev–Trinajstić information content (AvgIpc) is 3.11. The van der Waals surface area contributed by atoms with Gasteiger partial charge in [-0.1, -0.05) is 17.7 Å². The van der Waals surface area contributed by atoms with Gasteiger partial charge in [0.1, 0.15) is 0 Å². The van der Waals surface area contributed by atoms with Crippen LogP contribution in [-0.2, 0) is 52.3 Å². The van der Waals surface area contributed by atoms with Gasteiger partial charge in [-0.2, -0.15) is 0 Å². The van der Waals surface area contributed by atoms with Crippen molar-refractivity contribution in [1.82, 2.24) is 14.3 Å². The lowest BCUT2D eigenvalue weighted by molar-refractivity contribution is -0.140. The van der Waals surface area contributed by atoms with E-state index in [1.165, 1.54) is 19.2 Å². The van der Waals surface area contributed by atoms with E-state index in [0.717, 1.165) is 35.4 Å². The number of aromatic nitrogens is 2. The molecule has 0 amide bonds. The zero-order valence-electron chi connectivity index (χ0n) is 18.8. The number of nitrogens with one attached hydrogen (secondary N) is 1. The molecule has 0 saturated carbocycles. The molecule has 33 heavy (non-hydrogen) atoms. The molecule has 0 radical (unpaired) electrons. The Morgan fingerprint density at radius 1 is 1.12 bits per heavy atom. The number of sulfonamides is 1. The molecule has 3 rings (SSSR count). The highest BCUT2D eigenvalue weighted by atomic mass is 35.5.